The summed E-state index contributed by atoms with van der Waals surface area (Å²) in [6, 6.07) is 0. The Hall–Kier alpha value is -0.570. The Balaban J connectivity index is 2.06. The van der Waals surface area contributed by atoms with E-state index in [2.05, 4.69) is 0 Å². The van der Waals surface area contributed by atoms with Gasteiger partial charge in [0.05, 0.1) is 13.2 Å². The van der Waals surface area contributed by atoms with E-state index >= 15 is 0 Å². The number of hydroxylamine groups is 2. The minimum Gasteiger partial charge on any atom is -0.273 e. The van der Waals surface area contributed by atoms with Gasteiger partial charge in [-0.15, -0.1) is 0 Å². The number of amides is 1. The molecule has 0 atom stereocenters. The minimum atomic E-state index is 0.114. The van der Waals surface area contributed by atoms with Gasteiger partial charge in [0.25, 0.3) is 0 Å². The van der Waals surface area contributed by atoms with Crippen LogP contribution in [-0.2, 0) is 9.63 Å². The van der Waals surface area contributed by atoms with Crippen LogP contribution in [-0.4, -0.2) is 24.1 Å². The zero-order valence-electron chi connectivity index (χ0n) is 5.59. The topological polar surface area (TPSA) is 29.5 Å². The van der Waals surface area contributed by atoms with Crippen LogP contribution < -0.4 is 0 Å². The number of carbonyl (C=O) groups excluding carboxylic acids is 1. The normalized spacial score (nSPS) is 17.9. The van der Waals surface area contributed by atoms with Crippen molar-refractivity contribution < 1.29 is 9.63 Å². The first-order chi connectivity index (χ1) is 4.34. The highest BCUT2D eigenvalue weighted by Gasteiger charge is 2.23. The van der Waals surface area contributed by atoms with Gasteiger partial charge in [-0.3, -0.25) is 9.63 Å². The second kappa shape index (κ2) is 2.82. The Kier molecular flexibility index (Phi) is 2.05. The first-order valence-electron chi connectivity index (χ1n) is 3.28. The average Bonchev–Trinajstić information content (AvgIpc) is 1.86. The molecule has 0 bridgehead atoms. The molecule has 1 rings (SSSR count). The summed E-state index contributed by atoms with van der Waals surface area (Å²) in [5.74, 6) is 0.114. The van der Waals surface area contributed by atoms with Gasteiger partial charge in [0.15, 0.2) is 0 Å². The van der Waals surface area contributed by atoms with Crippen molar-refractivity contribution in [1.29, 1.82) is 0 Å². The molecule has 0 N–H and O–H groups in total. The molecular formula is C6H11NO2. The standard InChI is InChI=1S/C6H11NO2/c1-2-5-9-7-4-3-6(7)8/h2-5H2,1H3. The average molecular weight is 129 g/mol. The second-order valence-electron chi connectivity index (χ2n) is 2.08. The maximum atomic E-state index is 10.5. The summed E-state index contributed by atoms with van der Waals surface area (Å²) in [6.07, 6.45) is 1.62. The van der Waals surface area contributed by atoms with Gasteiger partial charge in [-0.2, -0.15) is 0 Å². The van der Waals surface area contributed by atoms with Crippen molar-refractivity contribution in [2.24, 2.45) is 0 Å². The van der Waals surface area contributed by atoms with Crippen molar-refractivity contribution in [3.05, 3.63) is 0 Å². The van der Waals surface area contributed by atoms with Gasteiger partial charge >= 0.3 is 0 Å². The van der Waals surface area contributed by atoms with Crippen LogP contribution in [0.25, 0.3) is 0 Å². The second-order valence-corrected chi connectivity index (χ2v) is 2.08. The number of rotatable bonds is 3. The van der Waals surface area contributed by atoms with E-state index in [1.165, 1.54) is 5.06 Å². The predicted octanol–water partition coefficient (Wildman–Crippen LogP) is 0.560. The Morgan fingerprint density at radius 3 is 2.89 bits per heavy atom. The van der Waals surface area contributed by atoms with Gasteiger partial charge in [-0.25, -0.2) is 5.06 Å². The highest BCUT2D eigenvalue weighted by atomic mass is 16.7. The first kappa shape index (κ1) is 6.55. The molecule has 9 heavy (non-hydrogen) atoms. The lowest BCUT2D eigenvalue weighted by Gasteiger charge is -2.28. The Morgan fingerprint density at radius 1 is 1.78 bits per heavy atom. The third kappa shape index (κ3) is 1.42. The van der Waals surface area contributed by atoms with Crippen molar-refractivity contribution in [2.45, 2.75) is 19.8 Å². The molecule has 1 fully saturated rings. The fourth-order valence-corrected chi connectivity index (χ4v) is 0.632. The van der Waals surface area contributed by atoms with E-state index in [0.717, 1.165) is 13.0 Å². The zero-order chi connectivity index (χ0) is 6.69. The van der Waals surface area contributed by atoms with E-state index in [-0.39, 0.29) is 5.91 Å². The summed E-state index contributed by atoms with van der Waals surface area (Å²) >= 11 is 0. The van der Waals surface area contributed by atoms with E-state index in [1.807, 2.05) is 6.92 Å². The summed E-state index contributed by atoms with van der Waals surface area (Å²) < 4.78 is 0. The summed E-state index contributed by atoms with van der Waals surface area (Å²) in [7, 11) is 0. The third-order valence-electron chi connectivity index (χ3n) is 1.26. The Labute approximate surface area is 54.5 Å². The van der Waals surface area contributed by atoms with Crippen LogP contribution in [0.5, 0.6) is 0 Å². The zero-order valence-corrected chi connectivity index (χ0v) is 5.59. The molecule has 1 amide bonds. The molecule has 0 saturated carbocycles. The number of hydrogen-bond acceptors (Lipinski definition) is 2. The molecule has 0 radical (unpaired) electrons. The fraction of sp³-hybridized carbons (Fsp3) is 0.833. The van der Waals surface area contributed by atoms with Gasteiger partial charge < -0.3 is 0 Å². The van der Waals surface area contributed by atoms with Crippen molar-refractivity contribution >= 4 is 5.91 Å². The van der Waals surface area contributed by atoms with Crippen molar-refractivity contribution in [1.82, 2.24) is 5.06 Å². The van der Waals surface area contributed by atoms with Gasteiger partial charge in [0.2, 0.25) is 5.91 Å². The number of carbonyl (C=O) groups is 1. The van der Waals surface area contributed by atoms with Crippen LogP contribution in [0.4, 0.5) is 0 Å². The van der Waals surface area contributed by atoms with E-state index in [4.69, 9.17) is 4.84 Å². The van der Waals surface area contributed by atoms with Crippen LogP contribution in [0.1, 0.15) is 19.8 Å². The summed E-state index contributed by atoms with van der Waals surface area (Å²) in [5.41, 5.74) is 0. The number of β-lactam (4-membered cyclic amide) rings is 1. The third-order valence-corrected chi connectivity index (χ3v) is 1.26. The maximum absolute atomic E-state index is 10.5. The van der Waals surface area contributed by atoms with E-state index in [0.29, 0.717) is 13.0 Å². The lowest BCUT2D eigenvalue weighted by Crippen LogP contribution is -2.43. The molecule has 0 aromatic rings. The largest absolute Gasteiger partial charge is 0.273 e. The predicted molar refractivity (Wildman–Crippen MR) is 32.6 cm³/mol. The molecule has 0 spiro atoms. The molecule has 1 saturated heterocycles. The van der Waals surface area contributed by atoms with E-state index in [9.17, 15) is 4.79 Å². The van der Waals surface area contributed by atoms with Crippen LogP contribution in [0, 0.1) is 0 Å². The van der Waals surface area contributed by atoms with Crippen LogP contribution in [0.2, 0.25) is 0 Å². The Morgan fingerprint density at radius 2 is 2.56 bits per heavy atom. The molecule has 0 aliphatic carbocycles. The van der Waals surface area contributed by atoms with Gasteiger partial charge in [0.1, 0.15) is 0 Å². The molecular weight excluding hydrogens is 118 g/mol. The molecule has 3 heteroatoms. The van der Waals surface area contributed by atoms with E-state index in [1.54, 1.807) is 0 Å². The number of nitrogens with zero attached hydrogens (tertiary/aromatic N) is 1. The summed E-state index contributed by atoms with van der Waals surface area (Å²) in [4.78, 5) is 15.6. The SMILES string of the molecule is CCCON1CCC1=O. The van der Waals surface area contributed by atoms with Crippen LogP contribution >= 0.6 is 0 Å². The molecule has 3 nitrogen and oxygen atoms in total. The quantitative estimate of drug-likeness (QED) is 0.521. The molecule has 1 heterocycles. The molecule has 1 aliphatic rings. The molecule has 0 aromatic carbocycles. The summed E-state index contributed by atoms with van der Waals surface area (Å²) in [6.45, 7) is 3.45. The van der Waals surface area contributed by atoms with Gasteiger partial charge in [0, 0.05) is 6.42 Å². The monoisotopic (exact) mass is 129 g/mol. The summed E-state index contributed by atoms with van der Waals surface area (Å²) in [5, 5.41) is 1.42. The van der Waals surface area contributed by atoms with Crippen LogP contribution in [0.15, 0.2) is 0 Å². The highest BCUT2D eigenvalue weighted by Crippen LogP contribution is 2.08. The molecule has 1 aliphatic heterocycles. The van der Waals surface area contributed by atoms with Crippen molar-refractivity contribution in [3.8, 4) is 0 Å². The number of hydrogen-bond donors (Lipinski definition) is 0. The van der Waals surface area contributed by atoms with Crippen molar-refractivity contribution in [3.63, 3.8) is 0 Å². The van der Waals surface area contributed by atoms with Crippen LogP contribution in [0.3, 0.4) is 0 Å². The molecule has 0 unspecified atom stereocenters. The van der Waals surface area contributed by atoms with Crippen molar-refractivity contribution in [2.75, 3.05) is 13.2 Å². The smallest absolute Gasteiger partial charge is 0.248 e. The van der Waals surface area contributed by atoms with Gasteiger partial charge in [-0.05, 0) is 6.42 Å². The lowest BCUT2D eigenvalue weighted by molar-refractivity contribution is -0.207. The van der Waals surface area contributed by atoms with Gasteiger partial charge in [-0.1, -0.05) is 6.92 Å². The minimum absolute atomic E-state index is 0.114. The fourth-order valence-electron chi connectivity index (χ4n) is 0.632. The first-order valence-corrected chi connectivity index (χ1v) is 3.28. The lowest BCUT2D eigenvalue weighted by atomic mass is 10.3. The maximum Gasteiger partial charge on any atom is 0.248 e. The van der Waals surface area contributed by atoms with E-state index < -0.39 is 0 Å². The highest BCUT2D eigenvalue weighted by molar-refractivity contribution is 5.80. The molecule has 52 valence electrons. The molecule has 0 aromatic heterocycles. The Bertz CT molecular complexity index is 114.